The average molecular weight is 555 g/mol. The molecule has 14 heteroatoms. The van der Waals surface area contributed by atoms with Crippen molar-refractivity contribution in [2.75, 3.05) is 24.6 Å². The van der Waals surface area contributed by atoms with E-state index in [1.807, 2.05) is 13.8 Å². The van der Waals surface area contributed by atoms with Crippen molar-refractivity contribution in [2.45, 2.75) is 68.6 Å². The SMILES string of the molecule is C[C@H]1OCC2(CCN(c3cc(S(=O)(=O)NC4(C)CC4)cn4c(-c5nnc(C(F)F)s5)ncc34)CC2)[C@H]1O. The molecule has 2 N–H and O–H groups in total. The first kappa shape index (κ1) is 25.0. The highest BCUT2D eigenvalue weighted by molar-refractivity contribution is 7.89. The van der Waals surface area contributed by atoms with Crippen molar-refractivity contribution in [1.82, 2.24) is 24.3 Å². The third kappa shape index (κ3) is 4.32. The zero-order valence-electron chi connectivity index (χ0n) is 20.4. The second-order valence-electron chi connectivity index (χ2n) is 10.6. The highest BCUT2D eigenvalue weighted by Gasteiger charge is 2.49. The molecule has 3 aliphatic rings. The average Bonchev–Trinajstić information content (AvgIpc) is 3.22. The lowest BCUT2D eigenvalue weighted by Crippen LogP contribution is -2.47. The summed E-state index contributed by atoms with van der Waals surface area (Å²) in [5.74, 6) is 0.247. The topological polar surface area (TPSA) is 122 Å². The van der Waals surface area contributed by atoms with Gasteiger partial charge in [-0.05, 0) is 45.6 Å². The van der Waals surface area contributed by atoms with Crippen molar-refractivity contribution in [3.63, 3.8) is 0 Å². The number of aromatic nitrogens is 4. The molecule has 0 bridgehead atoms. The molecule has 1 aliphatic carbocycles. The summed E-state index contributed by atoms with van der Waals surface area (Å²) in [6.07, 6.45) is 2.43. The number of rotatable bonds is 6. The van der Waals surface area contributed by atoms with Gasteiger partial charge in [-0.2, -0.15) is 0 Å². The van der Waals surface area contributed by atoms with Crippen molar-refractivity contribution >= 4 is 32.6 Å². The van der Waals surface area contributed by atoms with Crippen LogP contribution in [0.2, 0.25) is 0 Å². The maximum atomic E-state index is 13.4. The molecule has 1 spiro atoms. The second-order valence-corrected chi connectivity index (χ2v) is 13.3. The van der Waals surface area contributed by atoms with E-state index in [0.29, 0.717) is 43.7 Å². The molecule has 0 radical (unpaired) electrons. The first-order valence-electron chi connectivity index (χ1n) is 12.2. The Kier molecular flexibility index (Phi) is 5.84. The van der Waals surface area contributed by atoms with E-state index in [0.717, 1.165) is 24.2 Å². The third-order valence-electron chi connectivity index (χ3n) is 7.91. The Bertz CT molecular complexity index is 1450. The zero-order chi connectivity index (χ0) is 26.2. The Balaban J connectivity index is 1.42. The summed E-state index contributed by atoms with van der Waals surface area (Å²) in [5.41, 5.74) is 0.511. The Morgan fingerprint density at radius 2 is 1.97 bits per heavy atom. The summed E-state index contributed by atoms with van der Waals surface area (Å²) in [5, 5.41) is 17.9. The van der Waals surface area contributed by atoms with E-state index in [9.17, 15) is 22.3 Å². The molecule has 2 atom stereocenters. The molecule has 0 unspecified atom stereocenters. The smallest absolute Gasteiger partial charge is 0.291 e. The number of hydrogen-bond donors (Lipinski definition) is 2. The number of aliphatic hydroxyl groups is 1. The van der Waals surface area contributed by atoms with E-state index in [2.05, 4.69) is 24.8 Å². The van der Waals surface area contributed by atoms with Gasteiger partial charge in [0.1, 0.15) is 4.90 Å². The summed E-state index contributed by atoms with van der Waals surface area (Å²) in [6.45, 7) is 5.41. The van der Waals surface area contributed by atoms with Crippen LogP contribution < -0.4 is 9.62 Å². The summed E-state index contributed by atoms with van der Waals surface area (Å²) in [6, 6.07) is 1.64. The van der Waals surface area contributed by atoms with Gasteiger partial charge in [0, 0.05) is 30.2 Å². The Labute approximate surface area is 216 Å². The minimum Gasteiger partial charge on any atom is -0.390 e. The van der Waals surface area contributed by atoms with Crippen molar-refractivity contribution in [3.05, 3.63) is 23.5 Å². The molecule has 6 rings (SSSR count). The summed E-state index contributed by atoms with van der Waals surface area (Å²) >= 11 is 0.725. The second kappa shape index (κ2) is 8.63. The predicted octanol–water partition coefficient (Wildman–Crippen LogP) is 2.99. The van der Waals surface area contributed by atoms with Gasteiger partial charge >= 0.3 is 0 Å². The van der Waals surface area contributed by atoms with Crippen molar-refractivity contribution in [3.8, 4) is 10.8 Å². The normalized spacial score (nSPS) is 25.0. The highest BCUT2D eigenvalue weighted by atomic mass is 32.2. The van der Waals surface area contributed by atoms with Crippen molar-refractivity contribution < 1.29 is 27.0 Å². The first-order chi connectivity index (χ1) is 17.5. The van der Waals surface area contributed by atoms with Crippen molar-refractivity contribution in [2.24, 2.45) is 5.41 Å². The molecule has 3 aromatic rings. The molecule has 10 nitrogen and oxygen atoms in total. The Morgan fingerprint density at radius 1 is 1.24 bits per heavy atom. The van der Waals surface area contributed by atoms with E-state index < -0.39 is 33.1 Å². The quantitative estimate of drug-likeness (QED) is 0.477. The number of imidazole rings is 1. The number of alkyl halides is 2. The van der Waals surface area contributed by atoms with Crippen molar-refractivity contribution in [1.29, 1.82) is 0 Å². The van der Waals surface area contributed by atoms with Gasteiger partial charge in [0.25, 0.3) is 6.43 Å². The van der Waals surface area contributed by atoms with E-state index in [1.165, 1.54) is 6.20 Å². The van der Waals surface area contributed by atoms with E-state index in [-0.39, 0.29) is 27.2 Å². The van der Waals surface area contributed by atoms with Gasteiger partial charge in [-0.15, -0.1) is 10.2 Å². The lowest BCUT2D eigenvalue weighted by Gasteiger charge is -2.41. The van der Waals surface area contributed by atoms with Gasteiger partial charge in [0.15, 0.2) is 15.8 Å². The number of hydrogen-bond acceptors (Lipinski definition) is 9. The van der Waals surface area contributed by atoms with Gasteiger partial charge in [-0.3, -0.25) is 4.40 Å². The van der Waals surface area contributed by atoms with Gasteiger partial charge in [0.2, 0.25) is 10.0 Å². The molecule has 0 amide bonds. The predicted molar refractivity (Wildman–Crippen MR) is 132 cm³/mol. The molecule has 5 heterocycles. The fourth-order valence-corrected chi connectivity index (χ4v) is 7.48. The molecule has 2 saturated heterocycles. The number of piperidine rings is 1. The number of aliphatic hydroxyl groups excluding tert-OH is 1. The molecule has 200 valence electrons. The van der Waals surface area contributed by atoms with Gasteiger partial charge < -0.3 is 14.7 Å². The standard InChI is InChI=1S/C23H28F2N6O4S2/c1-13-17(32)23(12-35-13)5-7-30(8-6-23)15-9-14(37(33,34)29-22(2)3-4-22)11-31-16(15)10-26-19(31)21-28-27-20(36-21)18(24)25/h9-11,13,17-18,29,32H,3-8,12H2,1-2H3/t13-,17+/m1/s1. The number of ether oxygens (including phenoxy) is 1. The van der Waals surface area contributed by atoms with Crippen LogP contribution in [0.1, 0.15) is 51.0 Å². The van der Waals surface area contributed by atoms with E-state index in [4.69, 9.17) is 4.74 Å². The monoisotopic (exact) mass is 554 g/mol. The number of anilines is 1. The van der Waals surface area contributed by atoms with Crippen LogP contribution in [0.3, 0.4) is 0 Å². The minimum atomic E-state index is -3.87. The Hall–Kier alpha value is -2.26. The van der Waals surface area contributed by atoms with E-state index >= 15 is 0 Å². The number of halogens is 2. The molecular weight excluding hydrogens is 526 g/mol. The third-order valence-corrected chi connectivity index (χ3v) is 10.4. The summed E-state index contributed by atoms with van der Waals surface area (Å²) < 4.78 is 63.2. The Morgan fingerprint density at radius 3 is 2.57 bits per heavy atom. The van der Waals surface area contributed by atoms with E-state index in [1.54, 1.807) is 16.7 Å². The van der Waals surface area contributed by atoms with Crippen LogP contribution in [0.4, 0.5) is 14.5 Å². The molecule has 3 fully saturated rings. The maximum absolute atomic E-state index is 13.4. The van der Waals surface area contributed by atoms with Crippen LogP contribution in [0.25, 0.3) is 16.3 Å². The molecule has 2 aliphatic heterocycles. The molecular formula is C23H28F2N6O4S2. The fourth-order valence-electron chi connectivity index (χ4n) is 5.30. The zero-order valence-corrected chi connectivity index (χ0v) is 22.0. The van der Waals surface area contributed by atoms with Gasteiger partial charge in [0.05, 0.1) is 36.2 Å². The van der Waals surface area contributed by atoms with Crippen LogP contribution in [-0.2, 0) is 14.8 Å². The maximum Gasteiger partial charge on any atom is 0.291 e. The minimum absolute atomic E-state index is 0.0547. The largest absolute Gasteiger partial charge is 0.390 e. The molecule has 3 aromatic heterocycles. The van der Waals surface area contributed by atoms with Gasteiger partial charge in [-0.1, -0.05) is 11.3 Å². The summed E-state index contributed by atoms with van der Waals surface area (Å²) in [7, 11) is -3.87. The number of pyridine rings is 1. The van der Waals surface area contributed by atoms with Crippen LogP contribution >= 0.6 is 11.3 Å². The fraction of sp³-hybridized carbons (Fsp3) is 0.609. The van der Waals surface area contributed by atoms with Crippen LogP contribution in [0, 0.1) is 5.41 Å². The lowest BCUT2D eigenvalue weighted by molar-refractivity contribution is 0.0250. The molecule has 1 saturated carbocycles. The molecule has 37 heavy (non-hydrogen) atoms. The number of fused-ring (bicyclic) bond motifs is 1. The highest BCUT2D eigenvalue weighted by Crippen LogP contribution is 2.44. The summed E-state index contributed by atoms with van der Waals surface area (Å²) in [4.78, 5) is 6.56. The first-order valence-corrected chi connectivity index (χ1v) is 14.5. The number of nitrogens with one attached hydrogen (secondary N) is 1. The lowest BCUT2D eigenvalue weighted by atomic mass is 9.74. The van der Waals surface area contributed by atoms with Crippen LogP contribution in [0.15, 0.2) is 23.4 Å². The van der Waals surface area contributed by atoms with Gasteiger partial charge in [-0.25, -0.2) is 26.9 Å². The van der Waals surface area contributed by atoms with Crippen LogP contribution in [0.5, 0.6) is 0 Å². The number of sulfonamides is 1. The van der Waals surface area contributed by atoms with Crippen LogP contribution in [-0.4, -0.2) is 70.5 Å². The molecule has 0 aromatic carbocycles. The number of nitrogens with zero attached hydrogens (tertiary/aromatic N) is 5.